The van der Waals surface area contributed by atoms with Gasteiger partial charge in [0.2, 0.25) is 0 Å². The number of aromatic amines is 1. The Morgan fingerprint density at radius 2 is 2.11 bits per heavy atom. The smallest absolute Gasteiger partial charge is 0.163 e. The first-order valence-corrected chi connectivity index (χ1v) is 6.38. The summed E-state index contributed by atoms with van der Waals surface area (Å²) in [6.07, 6.45) is 0. The van der Waals surface area contributed by atoms with Gasteiger partial charge in [-0.05, 0) is 28.5 Å². The molecule has 0 spiro atoms. The molecule has 2 aromatic heterocycles. The highest BCUT2D eigenvalue weighted by atomic mass is 32.1. The summed E-state index contributed by atoms with van der Waals surface area (Å²) in [5.74, 6) is -0.397. The lowest BCUT2D eigenvalue weighted by Gasteiger charge is -2.05. The van der Waals surface area contributed by atoms with E-state index in [1.807, 2.05) is 22.9 Å². The van der Waals surface area contributed by atoms with E-state index in [2.05, 4.69) is 15.4 Å². The van der Waals surface area contributed by atoms with Gasteiger partial charge in [-0.1, -0.05) is 17.3 Å². The zero-order chi connectivity index (χ0) is 13.2. The van der Waals surface area contributed by atoms with Crippen molar-refractivity contribution in [1.29, 1.82) is 5.26 Å². The number of thiophene rings is 1. The van der Waals surface area contributed by atoms with Crippen LogP contribution in [-0.4, -0.2) is 15.4 Å². The van der Waals surface area contributed by atoms with Crippen LogP contribution in [0.4, 0.5) is 4.39 Å². The first-order chi connectivity index (χ1) is 9.31. The second-order valence-electron chi connectivity index (χ2n) is 3.83. The summed E-state index contributed by atoms with van der Waals surface area (Å²) in [5, 5.41) is 22.5. The molecule has 0 amide bonds. The summed E-state index contributed by atoms with van der Waals surface area (Å²) in [6.45, 7) is 0. The molecule has 0 unspecified atom stereocenters. The van der Waals surface area contributed by atoms with E-state index in [1.165, 1.54) is 11.3 Å². The zero-order valence-corrected chi connectivity index (χ0v) is 10.4. The zero-order valence-electron chi connectivity index (χ0n) is 9.59. The summed E-state index contributed by atoms with van der Waals surface area (Å²) < 4.78 is 14.5. The van der Waals surface area contributed by atoms with Crippen molar-refractivity contribution >= 4 is 11.3 Å². The van der Waals surface area contributed by atoms with Crippen LogP contribution in [0.2, 0.25) is 0 Å². The van der Waals surface area contributed by atoms with Crippen LogP contribution < -0.4 is 0 Å². The van der Waals surface area contributed by atoms with Gasteiger partial charge in [0.05, 0.1) is 0 Å². The van der Waals surface area contributed by atoms with Crippen LogP contribution in [0.3, 0.4) is 0 Å². The standard InChI is InChI=1S/C13H7FN4S/c14-12-9(8-4-5-19-7-8)2-1-3-10(12)13-11(6-15)16-18-17-13/h1-5,7H,(H,16,17,18). The number of nitriles is 1. The molecule has 4 nitrogen and oxygen atoms in total. The highest BCUT2D eigenvalue weighted by Crippen LogP contribution is 2.31. The molecule has 3 rings (SSSR count). The van der Waals surface area contributed by atoms with Gasteiger partial charge in [0.15, 0.2) is 5.69 Å². The molecule has 0 fully saturated rings. The molecule has 19 heavy (non-hydrogen) atoms. The van der Waals surface area contributed by atoms with Gasteiger partial charge in [0, 0.05) is 11.1 Å². The quantitative estimate of drug-likeness (QED) is 0.777. The van der Waals surface area contributed by atoms with E-state index in [1.54, 1.807) is 18.2 Å². The van der Waals surface area contributed by atoms with Crippen LogP contribution in [0, 0.1) is 17.1 Å². The molecule has 1 N–H and O–H groups in total. The van der Waals surface area contributed by atoms with E-state index in [0.29, 0.717) is 5.56 Å². The summed E-state index contributed by atoms with van der Waals surface area (Å²) in [4.78, 5) is 0. The SMILES string of the molecule is N#Cc1[nH]nnc1-c1cccc(-c2ccsc2)c1F. The number of hydrogen-bond acceptors (Lipinski definition) is 4. The van der Waals surface area contributed by atoms with Crippen molar-refractivity contribution in [3.8, 4) is 28.5 Å². The molecule has 1 aromatic carbocycles. The fourth-order valence-corrected chi connectivity index (χ4v) is 2.51. The molecule has 0 aliphatic carbocycles. The molecule has 0 radical (unpaired) electrons. The lowest BCUT2D eigenvalue weighted by Crippen LogP contribution is -1.91. The van der Waals surface area contributed by atoms with Crippen LogP contribution in [0.25, 0.3) is 22.4 Å². The Kier molecular flexibility index (Phi) is 2.82. The average Bonchev–Trinajstić information content (AvgIpc) is 3.10. The molecule has 0 aliphatic rings. The van der Waals surface area contributed by atoms with E-state index >= 15 is 0 Å². The monoisotopic (exact) mass is 270 g/mol. The Morgan fingerprint density at radius 1 is 1.26 bits per heavy atom. The molecule has 3 aromatic rings. The molecule has 92 valence electrons. The number of aromatic nitrogens is 3. The van der Waals surface area contributed by atoms with E-state index in [0.717, 1.165) is 5.56 Å². The number of nitrogens with zero attached hydrogens (tertiary/aromatic N) is 3. The lowest BCUT2D eigenvalue weighted by atomic mass is 10.0. The fraction of sp³-hybridized carbons (Fsp3) is 0. The molecule has 0 bridgehead atoms. The van der Waals surface area contributed by atoms with Gasteiger partial charge in [-0.25, -0.2) is 9.49 Å². The Bertz CT molecular complexity index is 755. The van der Waals surface area contributed by atoms with E-state index in [9.17, 15) is 4.39 Å². The number of nitrogens with one attached hydrogen (secondary N) is 1. The molecule has 0 saturated carbocycles. The number of halogens is 1. The summed E-state index contributed by atoms with van der Waals surface area (Å²) >= 11 is 1.50. The lowest BCUT2D eigenvalue weighted by molar-refractivity contribution is 0.634. The first-order valence-electron chi connectivity index (χ1n) is 5.44. The van der Waals surface area contributed by atoms with Crippen molar-refractivity contribution in [2.45, 2.75) is 0 Å². The molecule has 0 aliphatic heterocycles. The Hall–Kier alpha value is -2.52. The van der Waals surface area contributed by atoms with E-state index < -0.39 is 5.82 Å². The molecular formula is C13H7FN4S. The van der Waals surface area contributed by atoms with Gasteiger partial charge in [0.25, 0.3) is 0 Å². The van der Waals surface area contributed by atoms with E-state index in [4.69, 9.17) is 5.26 Å². The van der Waals surface area contributed by atoms with Crippen LogP contribution in [0.1, 0.15) is 5.69 Å². The van der Waals surface area contributed by atoms with Gasteiger partial charge < -0.3 is 0 Å². The summed E-state index contributed by atoms with van der Waals surface area (Å²) in [7, 11) is 0. The fourth-order valence-electron chi connectivity index (χ4n) is 1.85. The maximum atomic E-state index is 14.5. The number of benzene rings is 1. The first kappa shape index (κ1) is 11.6. The maximum absolute atomic E-state index is 14.5. The van der Waals surface area contributed by atoms with Crippen molar-refractivity contribution < 1.29 is 4.39 Å². The average molecular weight is 270 g/mol. The maximum Gasteiger partial charge on any atom is 0.163 e. The molecular weight excluding hydrogens is 263 g/mol. The van der Waals surface area contributed by atoms with Crippen LogP contribution in [0.5, 0.6) is 0 Å². The summed E-state index contributed by atoms with van der Waals surface area (Å²) in [6, 6.07) is 8.78. The minimum absolute atomic E-state index is 0.154. The normalized spacial score (nSPS) is 10.3. The van der Waals surface area contributed by atoms with Crippen molar-refractivity contribution in [3.05, 3.63) is 46.5 Å². The third-order valence-corrected chi connectivity index (χ3v) is 3.43. The Morgan fingerprint density at radius 3 is 2.84 bits per heavy atom. The van der Waals surface area contributed by atoms with Gasteiger partial charge in [-0.3, -0.25) is 0 Å². The Balaban J connectivity index is 2.20. The minimum Gasteiger partial charge on any atom is -0.247 e. The number of H-pyrrole nitrogens is 1. The molecule has 6 heteroatoms. The largest absolute Gasteiger partial charge is 0.247 e. The van der Waals surface area contributed by atoms with Gasteiger partial charge >= 0.3 is 0 Å². The molecule has 0 saturated heterocycles. The van der Waals surface area contributed by atoms with Crippen LogP contribution in [-0.2, 0) is 0 Å². The van der Waals surface area contributed by atoms with E-state index in [-0.39, 0.29) is 17.0 Å². The minimum atomic E-state index is -0.397. The van der Waals surface area contributed by atoms with Crippen LogP contribution in [0.15, 0.2) is 35.0 Å². The number of hydrogen-bond donors (Lipinski definition) is 1. The van der Waals surface area contributed by atoms with Crippen molar-refractivity contribution in [2.24, 2.45) is 0 Å². The molecule has 0 atom stereocenters. The van der Waals surface area contributed by atoms with Gasteiger partial charge in [-0.2, -0.15) is 16.6 Å². The second-order valence-corrected chi connectivity index (χ2v) is 4.61. The third kappa shape index (κ3) is 1.90. The van der Waals surface area contributed by atoms with Crippen molar-refractivity contribution in [3.63, 3.8) is 0 Å². The third-order valence-electron chi connectivity index (χ3n) is 2.75. The predicted octanol–water partition coefficient (Wildman–Crippen LogP) is 3.21. The predicted molar refractivity (Wildman–Crippen MR) is 69.8 cm³/mol. The highest BCUT2D eigenvalue weighted by molar-refractivity contribution is 7.08. The highest BCUT2D eigenvalue weighted by Gasteiger charge is 2.17. The second kappa shape index (κ2) is 4.63. The van der Waals surface area contributed by atoms with Crippen LogP contribution >= 0.6 is 11.3 Å². The number of rotatable bonds is 2. The molecule has 2 heterocycles. The Labute approximate surface area is 112 Å². The van der Waals surface area contributed by atoms with Gasteiger partial charge in [-0.15, -0.1) is 5.10 Å². The summed E-state index contributed by atoms with van der Waals surface area (Å²) in [5.41, 5.74) is 1.96. The van der Waals surface area contributed by atoms with Crippen molar-refractivity contribution in [1.82, 2.24) is 15.4 Å². The topological polar surface area (TPSA) is 65.4 Å². The van der Waals surface area contributed by atoms with Crippen molar-refractivity contribution in [2.75, 3.05) is 0 Å². The van der Waals surface area contributed by atoms with Gasteiger partial charge in [0.1, 0.15) is 17.6 Å².